The summed E-state index contributed by atoms with van der Waals surface area (Å²) in [6, 6.07) is 27.1. The highest BCUT2D eigenvalue weighted by molar-refractivity contribution is 14.1. The zero-order chi connectivity index (χ0) is 30.8. The highest BCUT2D eigenvalue weighted by Crippen LogP contribution is 2.35. The van der Waals surface area contributed by atoms with Gasteiger partial charge >= 0.3 is 5.97 Å². The van der Waals surface area contributed by atoms with Crippen LogP contribution in [-0.2, 0) is 16.1 Å². The molecule has 0 fully saturated rings. The third-order valence-corrected chi connectivity index (χ3v) is 9.22. The van der Waals surface area contributed by atoms with Crippen LogP contribution in [0.3, 0.4) is 0 Å². The summed E-state index contributed by atoms with van der Waals surface area (Å²) in [6.07, 6.45) is 1.83. The van der Waals surface area contributed by atoms with Crippen LogP contribution < -0.4 is 24.4 Å². The number of aromatic nitrogens is 1. The quantitative estimate of drug-likeness (QED) is 0.143. The topological polar surface area (TPSA) is 79.1 Å². The molecule has 0 N–H and O–H groups in total. The first-order valence-electron chi connectivity index (χ1n) is 14.1. The Morgan fingerprint density at radius 2 is 1.80 bits per heavy atom. The van der Waals surface area contributed by atoms with Gasteiger partial charge in [0.25, 0.3) is 5.56 Å². The number of thiazole rings is 1. The van der Waals surface area contributed by atoms with E-state index in [2.05, 4.69) is 51.8 Å². The van der Waals surface area contributed by atoms with Gasteiger partial charge in [-0.25, -0.2) is 9.79 Å². The van der Waals surface area contributed by atoms with Gasteiger partial charge in [0.15, 0.2) is 16.3 Å². The number of carbonyl (C=O) groups is 1. The standard InChI is InChI=1S/C35H29IN2O5S/c1-4-42-34(40)30-21(2)37-35-38(31(30)24-12-6-5-7-13-24)33(39)29(44-35)19-22-17-27(36)32(28(18-22)41-3)43-20-25-15-10-14-23-11-8-9-16-26(23)25/h5-19,31H,4,20H2,1-3H3. The monoisotopic (exact) mass is 716 g/mol. The zero-order valence-corrected chi connectivity index (χ0v) is 27.3. The van der Waals surface area contributed by atoms with Gasteiger partial charge in [0, 0.05) is 0 Å². The molecular weight excluding hydrogens is 687 g/mol. The number of esters is 1. The molecule has 222 valence electrons. The van der Waals surface area contributed by atoms with Crippen LogP contribution in [-0.4, -0.2) is 24.3 Å². The fourth-order valence-corrected chi connectivity index (χ4v) is 7.25. The lowest BCUT2D eigenvalue weighted by Crippen LogP contribution is -2.39. The average molecular weight is 717 g/mol. The Morgan fingerprint density at radius 3 is 2.57 bits per heavy atom. The van der Waals surface area contributed by atoms with Crippen LogP contribution in [0.4, 0.5) is 0 Å². The van der Waals surface area contributed by atoms with Crippen molar-refractivity contribution >= 4 is 56.7 Å². The van der Waals surface area contributed by atoms with Gasteiger partial charge in [0.1, 0.15) is 6.61 Å². The van der Waals surface area contributed by atoms with Gasteiger partial charge in [-0.2, -0.15) is 0 Å². The molecule has 0 saturated carbocycles. The molecule has 1 unspecified atom stereocenters. The first-order chi connectivity index (χ1) is 21.4. The van der Waals surface area contributed by atoms with E-state index < -0.39 is 12.0 Å². The van der Waals surface area contributed by atoms with Crippen molar-refractivity contribution in [2.24, 2.45) is 4.99 Å². The third kappa shape index (κ3) is 5.69. The number of methoxy groups -OCH3 is 1. The highest BCUT2D eigenvalue weighted by atomic mass is 127. The van der Waals surface area contributed by atoms with Crippen molar-refractivity contribution in [3.63, 3.8) is 0 Å². The molecule has 5 aromatic rings. The second-order valence-electron chi connectivity index (χ2n) is 10.2. The molecule has 0 aliphatic carbocycles. The molecule has 44 heavy (non-hydrogen) atoms. The Hall–Kier alpha value is -4.22. The minimum Gasteiger partial charge on any atom is -0.493 e. The van der Waals surface area contributed by atoms with Gasteiger partial charge < -0.3 is 14.2 Å². The number of carbonyl (C=O) groups excluding carboxylic acids is 1. The molecule has 6 rings (SSSR count). The highest BCUT2D eigenvalue weighted by Gasteiger charge is 2.33. The Bertz CT molecular complexity index is 2090. The summed E-state index contributed by atoms with van der Waals surface area (Å²) in [5.74, 6) is 0.729. The molecule has 1 atom stereocenters. The predicted octanol–water partition coefficient (Wildman–Crippen LogP) is 6.14. The van der Waals surface area contributed by atoms with Gasteiger partial charge in [0.2, 0.25) is 0 Å². The van der Waals surface area contributed by atoms with E-state index in [0.717, 1.165) is 31.0 Å². The molecule has 0 spiro atoms. The van der Waals surface area contributed by atoms with Crippen molar-refractivity contribution in [2.45, 2.75) is 26.5 Å². The van der Waals surface area contributed by atoms with Crippen molar-refractivity contribution in [3.8, 4) is 11.5 Å². The number of hydrogen-bond acceptors (Lipinski definition) is 7. The molecule has 2 heterocycles. The number of fused-ring (bicyclic) bond motifs is 2. The fourth-order valence-electron chi connectivity index (χ4n) is 5.43. The second-order valence-corrected chi connectivity index (χ2v) is 12.3. The molecule has 7 nitrogen and oxygen atoms in total. The zero-order valence-electron chi connectivity index (χ0n) is 24.4. The molecule has 0 saturated heterocycles. The summed E-state index contributed by atoms with van der Waals surface area (Å²) in [5, 5.41) is 2.30. The van der Waals surface area contributed by atoms with Crippen LogP contribution in [0, 0.1) is 3.57 Å². The van der Waals surface area contributed by atoms with Gasteiger partial charge in [-0.15, -0.1) is 0 Å². The largest absolute Gasteiger partial charge is 0.493 e. The molecule has 1 aromatic heterocycles. The summed E-state index contributed by atoms with van der Waals surface area (Å²) in [7, 11) is 1.60. The van der Waals surface area contributed by atoms with Crippen LogP contribution >= 0.6 is 33.9 Å². The van der Waals surface area contributed by atoms with E-state index in [1.165, 1.54) is 11.3 Å². The summed E-state index contributed by atoms with van der Waals surface area (Å²) < 4.78 is 20.4. The Labute approximate surface area is 271 Å². The first kappa shape index (κ1) is 29.8. The van der Waals surface area contributed by atoms with E-state index in [4.69, 9.17) is 14.2 Å². The molecule has 1 aliphatic heterocycles. The maximum atomic E-state index is 14.0. The van der Waals surface area contributed by atoms with Crippen molar-refractivity contribution in [1.82, 2.24) is 4.57 Å². The number of rotatable bonds is 8. The second kappa shape index (κ2) is 12.8. The van der Waals surface area contributed by atoms with Crippen molar-refractivity contribution in [1.29, 1.82) is 0 Å². The molecule has 1 aliphatic rings. The van der Waals surface area contributed by atoms with Crippen molar-refractivity contribution in [2.75, 3.05) is 13.7 Å². The lowest BCUT2D eigenvalue weighted by Gasteiger charge is -2.24. The first-order valence-corrected chi connectivity index (χ1v) is 16.0. The number of nitrogens with zero attached hydrogens (tertiary/aromatic N) is 2. The predicted molar refractivity (Wildman–Crippen MR) is 181 cm³/mol. The smallest absolute Gasteiger partial charge is 0.338 e. The van der Waals surface area contributed by atoms with Crippen LogP contribution in [0.2, 0.25) is 0 Å². The maximum Gasteiger partial charge on any atom is 0.338 e. The molecule has 0 radical (unpaired) electrons. The van der Waals surface area contributed by atoms with Crippen LogP contribution in [0.5, 0.6) is 11.5 Å². The average Bonchev–Trinajstić information content (AvgIpc) is 3.33. The fraction of sp³-hybridized carbons (Fsp3) is 0.171. The lowest BCUT2D eigenvalue weighted by atomic mass is 9.96. The van der Waals surface area contributed by atoms with E-state index in [9.17, 15) is 9.59 Å². The summed E-state index contributed by atoms with van der Waals surface area (Å²) in [5.41, 5.74) is 3.33. The SMILES string of the molecule is CCOC(=O)C1=C(C)N=c2sc(=Cc3cc(I)c(OCc4cccc5ccccc45)c(OC)c3)c(=O)n2C1c1ccccc1. The number of allylic oxidation sites excluding steroid dienone is 1. The Morgan fingerprint density at radius 1 is 1.05 bits per heavy atom. The normalized spacial score (nSPS) is 14.7. The lowest BCUT2D eigenvalue weighted by molar-refractivity contribution is -0.139. The summed E-state index contributed by atoms with van der Waals surface area (Å²) >= 11 is 3.52. The maximum absolute atomic E-state index is 14.0. The van der Waals surface area contributed by atoms with Gasteiger partial charge in [0.05, 0.1) is 39.1 Å². The van der Waals surface area contributed by atoms with Gasteiger partial charge in [-0.05, 0) is 82.1 Å². The van der Waals surface area contributed by atoms with E-state index in [1.54, 1.807) is 25.5 Å². The van der Waals surface area contributed by atoms with Crippen LogP contribution in [0.1, 0.15) is 36.6 Å². The van der Waals surface area contributed by atoms with E-state index in [0.29, 0.717) is 38.7 Å². The number of ether oxygens (including phenoxy) is 3. The molecule has 9 heteroatoms. The van der Waals surface area contributed by atoms with E-state index in [1.807, 2.05) is 66.7 Å². The minimum absolute atomic E-state index is 0.226. The molecular formula is C35H29IN2O5S. The molecule has 0 bridgehead atoms. The Balaban J connectivity index is 1.39. The minimum atomic E-state index is -0.645. The van der Waals surface area contributed by atoms with E-state index >= 15 is 0 Å². The van der Waals surface area contributed by atoms with Crippen molar-refractivity contribution < 1.29 is 19.0 Å². The number of benzene rings is 4. The molecule has 4 aromatic carbocycles. The summed E-state index contributed by atoms with van der Waals surface area (Å²) in [6.45, 7) is 4.15. The van der Waals surface area contributed by atoms with E-state index in [-0.39, 0.29) is 12.2 Å². The van der Waals surface area contributed by atoms with Crippen molar-refractivity contribution in [3.05, 3.63) is 136 Å². The van der Waals surface area contributed by atoms with Gasteiger partial charge in [-0.1, -0.05) is 84.1 Å². The third-order valence-electron chi connectivity index (χ3n) is 7.43. The van der Waals surface area contributed by atoms with Crippen LogP contribution in [0.25, 0.3) is 16.8 Å². The number of halogens is 1. The number of hydrogen-bond donors (Lipinski definition) is 0. The molecule has 0 amide bonds. The Kier molecular flexibility index (Phi) is 8.67. The van der Waals surface area contributed by atoms with Crippen LogP contribution in [0.15, 0.2) is 106 Å². The summed E-state index contributed by atoms with van der Waals surface area (Å²) in [4.78, 5) is 32.2. The van der Waals surface area contributed by atoms with Gasteiger partial charge in [-0.3, -0.25) is 9.36 Å².